The van der Waals surface area contributed by atoms with Crippen molar-refractivity contribution >= 4 is 11.8 Å². The van der Waals surface area contributed by atoms with Crippen LogP contribution in [0.2, 0.25) is 0 Å². The highest BCUT2D eigenvalue weighted by molar-refractivity contribution is 5.42. The molecule has 1 fully saturated rings. The molecule has 1 aliphatic heterocycles. The minimum atomic E-state index is 0.227. The van der Waals surface area contributed by atoms with Gasteiger partial charge in [-0.05, 0) is 31.5 Å². The van der Waals surface area contributed by atoms with Gasteiger partial charge in [-0.2, -0.15) is 4.98 Å². The monoisotopic (exact) mass is 277 g/mol. The number of aromatic nitrogens is 2. The van der Waals surface area contributed by atoms with E-state index in [9.17, 15) is 0 Å². The third kappa shape index (κ3) is 4.63. The molecule has 0 aromatic carbocycles. The zero-order valence-electron chi connectivity index (χ0n) is 13.2. The number of nitrogens with one attached hydrogen (secondary N) is 1. The molecule has 1 N–H and O–H groups in total. The smallest absolute Gasteiger partial charge is 0.224 e. The van der Waals surface area contributed by atoms with Gasteiger partial charge in [0.25, 0.3) is 0 Å². The Morgan fingerprint density at radius 1 is 1.20 bits per heavy atom. The van der Waals surface area contributed by atoms with E-state index in [1.807, 2.05) is 12.3 Å². The molecule has 0 radical (unpaired) electrons. The van der Waals surface area contributed by atoms with Gasteiger partial charge in [0.05, 0.1) is 0 Å². The number of rotatable bonds is 3. The summed E-state index contributed by atoms with van der Waals surface area (Å²) in [5.41, 5.74) is 0.227. The van der Waals surface area contributed by atoms with Gasteiger partial charge in [0.15, 0.2) is 0 Å². The van der Waals surface area contributed by atoms with Crippen LogP contribution in [0, 0.1) is 5.41 Å². The first-order valence-electron chi connectivity index (χ1n) is 7.44. The average molecular weight is 277 g/mol. The summed E-state index contributed by atoms with van der Waals surface area (Å²) in [6, 6.07) is 2.01. The van der Waals surface area contributed by atoms with Crippen LogP contribution in [0.1, 0.15) is 27.2 Å². The Kier molecular flexibility index (Phi) is 4.81. The Hall–Kier alpha value is -1.36. The highest BCUT2D eigenvalue weighted by Gasteiger charge is 2.15. The second kappa shape index (κ2) is 6.39. The molecule has 112 valence electrons. The van der Waals surface area contributed by atoms with Crippen molar-refractivity contribution in [3.8, 4) is 0 Å². The van der Waals surface area contributed by atoms with Crippen LogP contribution in [0.3, 0.4) is 0 Å². The van der Waals surface area contributed by atoms with Crippen molar-refractivity contribution in [2.75, 3.05) is 50.0 Å². The molecule has 0 saturated carbocycles. The highest BCUT2D eigenvalue weighted by Crippen LogP contribution is 2.17. The van der Waals surface area contributed by atoms with E-state index in [-0.39, 0.29) is 5.41 Å². The summed E-state index contributed by atoms with van der Waals surface area (Å²) in [6.45, 7) is 11.8. The third-order valence-electron chi connectivity index (χ3n) is 3.46. The lowest BCUT2D eigenvalue weighted by Gasteiger charge is -2.23. The van der Waals surface area contributed by atoms with Gasteiger partial charge in [0.2, 0.25) is 5.95 Å². The topological polar surface area (TPSA) is 44.3 Å². The lowest BCUT2D eigenvalue weighted by atomic mass is 9.97. The molecule has 0 aliphatic carbocycles. The average Bonchev–Trinajstić information content (AvgIpc) is 2.61. The molecule has 0 amide bonds. The SMILES string of the molecule is CN1CCCN(c2ccnc(NCC(C)(C)C)n2)CC1. The van der Waals surface area contributed by atoms with Crippen LogP contribution < -0.4 is 10.2 Å². The van der Waals surface area contributed by atoms with Crippen molar-refractivity contribution in [2.45, 2.75) is 27.2 Å². The summed E-state index contributed by atoms with van der Waals surface area (Å²) < 4.78 is 0. The largest absolute Gasteiger partial charge is 0.355 e. The van der Waals surface area contributed by atoms with Crippen LogP contribution in [-0.4, -0.2) is 54.6 Å². The van der Waals surface area contributed by atoms with Crippen molar-refractivity contribution in [3.63, 3.8) is 0 Å². The van der Waals surface area contributed by atoms with Crippen LogP contribution in [0.25, 0.3) is 0 Å². The van der Waals surface area contributed by atoms with Gasteiger partial charge in [0, 0.05) is 32.4 Å². The normalized spacial score (nSPS) is 17.9. The molecule has 5 nitrogen and oxygen atoms in total. The minimum absolute atomic E-state index is 0.227. The number of hydrogen-bond acceptors (Lipinski definition) is 5. The van der Waals surface area contributed by atoms with Crippen molar-refractivity contribution in [3.05, 3.63) is 12.3 Å². The number of hydrogen-bond donors (Lipinski definition) is 1. The molecule has 2 heterocycles. The maximum atomic E-state index is 4.65. The van der Waals surface area contributed by atoms with Crippen molar-refractivity contribution < 1.29 is 0 Å². The lowest BCUT2D eigenvalue weighted by molar-refractivity contribution is 0.360. The van der Waals surface area contributed by atoms with E-state index < -0.39 is 0 Å². The Morgan fingerprint density at radius 2 is 2.00 bits per heavy atom. The van der Waals surface area contributed by atoms with Crippen LogP contribution in [0.15, 0.2) is 12.3 Å². The Labute approximate surface area is 122 Å². The van der Waals surface area contributed by atoms with Gasteiger partial charge >= 0.3 is 0 Å². The maximum Gasteiger partial charge on any atom is 0.224 e. The van der Waals surface area contributed by atoms with E-state index in [2.05, 4.69) is 52.9 Å². The molecule has 5 heteroatoms. The predicted octanol–water partition coefficient (Wildman–Crippen LogP) is 2.08. The number of likely N-dealkylation sites (N-methyl/N-ethyl adjacent to an activating group) is 1. The maximum absolute atomic E-state index is 4.65. The standard InChI is InChI=1S/C15H27N5/c1-15(2,3)12-17-14-16-7-6-13(18-14)20-9-5-8-19(4)10-11-20/h6-7H,5,8-12H2,1-4H3,(H,16,17,18). The van der Waals surface area contributed by atoms with Gasteiger partial charge in [-0.15, -0.1) is 0 Å². The molecule has 0 unspecified atom stereocenters. The third-order valence-corrected chi connectivity index (χ3v) is 3.46. The Bertz CT molecular complexity index is 427. The van der Waals surface area contributed by atoms with E-state index in [1.54, 1.807) is 0 Å². The molecule has 1 saturated heterocycles. The van der Waals surface area contributed by atoms with Gasteiger partial charge in [0.1, 0.15) is 5.82 Å². The fraction of sp³-hybridized carbons (Fsp3) is 0.733. The number of anilines is 2. The van der Waals surface area contributed by atoms with Gasteiger partial charge in [-0.1, -0.05) is 20.8 Å². The quantitative estimate of drug-likeness (QED) is 0.916. The minimum Gasteiger partial charge on any atom is -0.355 e. The van der Waals surface area contributed by atoms with Crippen LogP contribution in [0.5, 0.6) is 0 Å². The molecule has 1 aliphatic rings. The molecule has 1 aromatic heterocycles. The summed E-state index contributed by atoms with van der Waals surface area (Å²) in [7, 11) is 2.18. The van der Waals surface area contributed by atoms with E-state index in [0.29, 0.717) is 0 Å². The molecule has 1 aromatic rings. The molecular weight excluding hydrogens is 250 g/mol. The highest BCUT2D eigenvalue weighted by atomic mass is 15.3. The van der Waals surface area contributed by atoms with E-state index >= 15 is 0 Å². The fourth-order valence-corrected chi connectivity index (χ4v) is 2.23. The first-order chi connectivity index (χ1) is 9.44. The zero-order valence-corrected chi connectivity index (χ0v) is 13.2. The van der Waals surface area contributed by atoms with E-state index in [1.165, 1.54) is 6.42 Å². The van der Waals surface area contributed by atoms with Crippen molar-refractivity contribution in [1.29, 1.82) is 0 Å². The lowest BCUT2D eigenvalue weighted by Crippen LogP contribution is -2.29. The molecular formula is C15H27N5. The summed E-state index contributed by atoms with van der Waals surface area (Å²) in [5.74, 6) is 1.77. The second-order valence-corrected chi connectivity index (χ2v) is 6.80. The van der Waals surface area contributed by atoms with Gasteiger partial charge in [-0.3, -0.25) is 0 Å². The first-order valence-corrected chi connectivity index (χ1v) is 7.44. The Morgan fingerprint density at radius 3 is 2.75 bits per heavy atom. The summed E-state index contributed by atoms with van der Waals surface area (Å²) >= 11 is 0. The molecule has 20 heavy (non-hydrogen) atoms. The predicted molar refractivity (Wildman–Crippen MR) is 84.3 cm³/mol. The fourth-order valence-electron chi connectivity index (χ4n) is 2.23. The first kappa shape index (κ1) is 15.0. The molecule has 0 spiro atoms. The summed E-state index contributed by atoms with van der Waals surface area (Å²) in [4.78, 5) is 13.7. The molecule has 0 atom stereocenters. The zero-order chi connectivity index (χ0) is 14.6. The van der Waals surface area contributed by atoms with Gasteiger partial charge in [-0.25, -0.2) is 4.98 Å². The summed E-state index contributed by atoms with van der Waals surface area (Å²) in [6.07, 6.45) is 3.03. The van der Waals surface area contributed by atoms with Gasteiger partial charge < -0.3 is 15.1 Å². The molecule has 0 bridgehead atoms. The van der Waals surface area contributed by atoms with Crippen LogP contribution in [-0.2, 0) is 0 Å². The number of nitrogens with zero attached hydrogens (tertiary/aromatic N) is 4. The second-order valence-electron chi connectivity index (χ2n) is 6.80. The van der Waals surface area contributed by atoms with E-state index in [0.717, 1.165) is 44.5 Å². The van der Waals surface area contributed by atoms with E-state index in [4.69, 9.17) is 0 Å². The van der Waals surface area contributed by atoms with Crippen molar-refractivity contribution in [2.24, 2.45) is 5.41 Å². The summed E-state index contributed by atoms with van der Waals surface area (Å²) in [5, 5.41) is 3.33. The van der Waals surface area contributed by atoms with Crippen LogP contribution in [0.4, 0.5) is 11.8 Å². The van der Waals surface area contributed by atoms with Crippen LogP contribution >= 0.6 is 0 Å². The Balaban J connectivity index is 2.01. The van der Waals surface area contributed by atoms with Crippen molar-refractivity contribution in [1.82, 2.24) is 14.9 Å². The molecule has 2 rings (SSSR count).